The van der Waals surface area contributed by atoms with E-state index in [2.05, 4.69) is 31.9 Å². The van der Waals surface area contributed by atoms with E-state index in [0.717, 1.165) is 7.57 Å². The molecular weight excluding hydrogens is 399 g/mol. The number of ketones is 1. The molecule has 2 aromatic rings. The third kappa shape index (κ3) is 3.95. The molecule has 0 saturated carbocycles. The Morgan fingerprint density at radius 1 is 1.32 bits per heavy atom. The summed E-state index contributed by atoms with van der Waals surface area (Å²) in [7, 11) is 0. The second-order valence-corrected chi connectivity index (χ2v) is 7.49. The highest BCUT2D eigenvalue weighted by Crippen LogP contribution is 2.32. The predicted molar refractivity (Wildman–Crippen MR) is 80.1 cm³/mol. The predicted octanol–water partition coefficient (Wildman–Crippen LogP) is 4.81. The molecule has 0 amide bonds. The van der Waals surface area contributed by atoms with Crippen molar-refractivity contribution < 1.29 is 13.9 Å². The second kappa shape index (κ2) is 6.74. The first-order chi connectivity index (χ1) is 9.08. The fraction of sp³-hybridized carbons (Fsp3) is 0.154. The third-order valence-corrected chi connectivity index (χ3v) is 4.74. The summed E-state index contributed by atoms with van der Waals surface area (Å²) in [6.45, 7) is 0.0114. The lowest BCUT2D eigenvalue weighted by Gasteiger charge is -2.04. The van der Waals surface area contributed by atoms with Gasteiger partial charge in [-0.2, -0.15) is 0 Å². The zero-order valence-corrected chi connectivity index (χ0v) is 13.6. The quantitative estimate of drug-likeness (QED) is 0.664. The van der Waals surface area contributed by atoms with Gasteiger partial charge < -0.3 is 4.74 Å². The van der Waals surface area contributed by atoms with Crippen molar-refractivity contribution in [3.8, 4) is 0 Å². The third-order valence-electron chi connectivity index (χ3n) is 2.41. The average Bonchev–Trinajstić information content (AvgIpc) is 2.71. The number of benzene rings is 1. The van der Waals surface area contributed by atoms with Gasteiger partial charge in [0.2, 0.25) is 0 Å². The normalized spacial score (nSPS) is 10.7. The standard InChI is InChI=1S/C13H9Br2FO2S/c14-12-5-9(13(15)19-12)11(17)7-18-6-8-3-1-2-4-10(8)16/h1-5H,6-7H2. The maximum absolute atomic E-state index is 13.3. The Kier molecular flexibility index (Phi) is 5.27. The molecule has 6 heteroatoms. The summed E-state index contributed by atoms with van der Waals surface area (Å²) in [5, 5.41) is 0. The molecule has 19 heavy (non-hydrogen) atoms. The van der Waals surface area contributed by atoms with Gasteiger partial charge in [-0.05, 0) is 44.0 Å². The van der Waals surface area contributed by atoms with E-state index in [1.54, 1.807) is 24.3 Å². The van der Waals surface area contributed by atoms with Crippen molar-refractivity contribution in [2.24, 2.45) is 0 Å². The Morgan fingerprint density at radius 3 is 2.68 bits per heavy atom. The zero-order chi connectivity index (χ0) is 13.8. The lowest BCUT2D eigenvalue weighted by atomic mass is 10.2. The van der Waals surface area contributed by atoms with E-state index < -0.39 is 0 Å². The molecule has 0 radical (unpaired) electrons. The highest BCUT2D eigenvalue weighted by Gasteiger charge is 2.14. The molecule has 0 bridgehead atoms. The molecule has 0 aliphatic carbocycles. The van der Waals surface area contributed by atoms with Crippen molar-refractivity contribution in [3.05, 3.63) is 54.8 Å². The van der Waals surface area contributed by atoms with Crippen LogP contribution in [0.25, 0.3) is 0 Å². The monoisotopic (exact) mass is 406 g/mol. The molecule has 0 aliphatic rings. The largest absolute Gasteiger partial charge is 0.369 e. The summed E-state index contributed by atoms with van der Waals surface area (Å²) in [6.07, 6.45) is 0. The van der Waals surface area contributed by atoms with Crippen molar-refractivity contribution in [2.75, 3.05) is 6.61 Å². The number of hydrogen-bond acceptors (Lipinski definition) is 3. The lowest BCUT2D eigenvalue weighted by Crippen LogP contribution is -2.09. The number of carbonyl (C=O) groups is 1. The van der Waals surface area contributed by atoms with Crippen molar-refractivity contribution in [3.63, 3.8) is 0 Å². The smallest absolute Gasteiger partial charge is 0.190 e. The van der Waals surface area contributed by atoms with Gasteiger partial charge in [0.1, 0.15) is 12.4 Å². The van der Waals surface area contributed by atoms with Crippen LogP contribution in [0, 0.1) is 5.82 Å². The Balaban J connectivity index is 1.91. The summed E-state index contributed by atoms with van der Waals surface area (Å²) in [5.41, 5.74) is 1.02. The van der Waals surface area contributed by atoms with E-state index >= 15 is 0 Å². The van der Waals surface area contributed by atoms with Crippen LogP contribution in [0.5, 0.6) is 0 Å². The SMILES string of the molecule is O=C(COCc1ccccc1F)c1cc(Br)sc1Br. The Hall–Kier alpha value is -0.560. The first kappa shape index (κ1) is 14.8. The van der Waals surface area contributed by atoms with Gasteiger partial charge in [0.15, 0.2) is 5.78 Å². The van der Waals surface area contributed by atoms with Crippen LogP contribution in [0.4, 0.5) is 4.39 Å². The minimum absolute atomic E-state index is 0.0733. The average molecular weight is 408 g/mol. The van der Waals surface area contributed by atoms with E-state index in [1.165, 1.54) is 17.4 Å². The molecular formula is C13H9Br2FO2S. The van der Waals surface area contributed by atoms with Gasteiger partial charge in [-0.25, -0.2) is 4.39 Å². The highest BCUT2D eigenvalue weighted by atomic mass is 79.9. The molecule has 0 fully saturated rings. The fourth-order valence-corrected chi connectivity index (χ4v) is 4.33. The minimum Gasteiger partial charge on any atom is -0.369 e. The molecule has 2 rings (SSSR count). The van der Waals surface area contributed by atoms with Crippen LogP contribution in [0.1, 0.15) is 15.9 Å². The molecule has 0 saturated heterocycles. The van der Waals surface area contributed by atoms with Crippen molar-refractivity contribution in [2.45, 2.75) is 6.61 Å². The fourth-order valence-electron chi connectivity index (χ4n) is 1.48. The summed E-state index contributed by atoms with van der Waals surface area (Å²) >= 11 is 8.06. The Bertz CT molecular complexity index is 598. The van der Waals surface area contributed by atoms with Crippen LogP contribution in [-0.2, 0) is 11.3 Å². The van der Waals surface area contributed by atoms with E-state index in [4.69, 9.17) is 4.74 Å². The Labute approximate surface area is 130 Å². The number of thiophene rings is 1. The van der Waals surface area contributed by atoms with Crippen LogP contribution in [0.3, 0.4) is 0 Å². The van der Waals surface area contributed by atoms with E-state index in [9.17, 15) is 9.18 Å². The van der Waals surface area contributed by atoms with Gasteiger partial charge in [-0.15, -0.1) is 11.3 Å². The number of ether oxygens (including phenoxy) is 1. The maximum atomic E-state index is 13.3. The molecule has 1 heterocycles. The van der Waals surface area contributed by atoms with E-state index in [0.29, 0.717) is 11.1 Å². The minimum atomic E-state index is -0.325. The molecule has 0 unspecified atom stereocenters. The van der Waals surface area contributed by atoms with E-state index in [-0.39, 0.29) is 24.8 Å². The molecule has 0 N–H and O–H groups in total. The summed E-state index contributed by atoms with van der Waals surface area (Å²) in [4.78, 5) is 11.9. The van der Waals surface area contributed by atoms with Crippen LogP contribution < -0.4 is 0 Å². The van der Waals surface area contributed by atoms with Gasteiger partial charge in [-0.3, -0.25) is 4.79 Å². The molecule has 0 atom stereocenters. The Morgan fingerprint density at radius 2 is 2.05 bits per heavy atom. The topological polar surface area (TPSA) is 26.3 Å². The molecule has 1 aromatic carbocycles. The van der Waals surface area contributed by atoms with Crippen LogP contribution >= 0.6 is 43.2 Å². The zero-order valence-electron chi connectivity index (χ0n) is 9.66. The van der Waals surface area contributed by atoms with Crippen LogP contribution in [0.2, 0.25) is 0 Å². The number of hydrogen-bond donors (Lipinski definition) is 0. The van der Waals surface area contributed by atoms with E-state index in [1.807, 2.05) is 0 Å². The highest BCUT2D eigenvalue weighted by molar-refractivity contribution is 9.12. The second-order valence-electron chi connectivity index (χ2n) is 3.75. The summed E-state index contributed by atoms with van der Waals surface area (Å²) < 4.78 is 20.2. The molecule has 0 spiro atoms. The number of carbonyl (C=O) groups excluding carboxylic acids is 1. The van der Waals surface area contributed by atoms with Crippen molar-refractivity contribution in [1.82, 2.24) is 0 Å². The number of Topliss-reactive ketones (excluding diaryl/α,β-unsaturated/α-hetero) is 1. The van der Waals surface area contributed by atoms with Gasteiger partial charge >= 0.3 is 0 Å². The first-order valence-electron chi connectivity index (χ1n) is 5.37. The van der Waals surface area contributed by atoms with Crippen molar-refractivity contribution >= 4 is 49.0 Å². The number of halogens is 3. The van der Waals surface area contributed by atoms with Gasteiger partial charge in [0, 0.05) is 11.1 Å². The first-order valence-corrected chi connectivity index (χ1v) is 7.77. The van der Waals surface area contributed by atoms with Gasteiger partial charge in [0.05, 0.1) is 14.2 Å². The maximum Gasteiger partial charge on any atom is 0.190 e. The lowest BCUT2D eigenvalue weighted by molar-refractivity contribution is 0.0721. The summed E-state index contributed by atoms with van der Waals surface area (Å²) in [6, 6.07) is 8.09. The molecule has 100 valence electrons. The molecule has 2 nitrogen and oxygen atoms in total. The summed E-state index contributed by atoms with van der Waals surface area (Å²) in [5.74, 6) is -0.459. The molecule has 1 aromatic heterocycles. The van der Waals surface area contributed by atoms with Crippen molar-refractivity contribution in [1.29, 1.82) is 0 Å². The van der Waals surface area contributed by atoms with Crippen LogP contribution in [0.15, 0.2) is 37.9 Å². The molecule has 0 aliphatic heterocycles. The van der Waals surface area contributed by atoms with Crippen LogP contribution in [-0.4, -0.2) is 12.4 Å². The van der Waals surface area contributed by atoms with Gasteiger partial charge in [-0.1, -0.05) is 18.2 Å². The number of rotatable bonds is 5. The van der Waals surface area contributed by atoms with Gasteiger partial charge in [0.25, 0.3) is 0 Å².